The zero-order valence-electron chi connectivity index (χ0n) is 11.9. The van der Waals surface area contributed by atoms with E-state index in [9.17, 15) is 18.4 Å². The molecule has 1 aromatic carbocycles. The SMILES string of the molecule is O=CN1CCN(C(=O)NCCOc2ccc(F)cc2F)CC1. The van der Waals surface area contributed by atoms with Crippen LogP contribution in [0.4, 0.5) is 13.6 Å². The van der Waals surface area contributed by atoms with Crippen molar-refractivity contribution < 1.29 is 23.1 Å². The van der Waals surface area contributed by atoms with E-state index in [0.717, 1.165) is 18.5 Å². The quantitative estimate of drug-likeness (QED) is 0.647. The number of carbonyl (C=O) groups excluding carboxylic acids is 2. The number of benzene rings is 1. The molecule has 0 aromatic heterocycles. The van der Waals surface area contributed by atoms with E-state index in [4.69, 9.17) is 4.74 Å². The Morgan fingerprint density at radius 1 is 1.27 bits per heavy atom. The van der Waals surface area contributed by atoms with Gasteiger partial charge >= 0.3 is 6.03 Å². The van der Waals surface area contributed by atoms with Gasteiger partial charge in [-0.15, -0.1) is 0 Å². The second-order valence-electron chi connectivity index (χ2n) is 4.78. The molecule has 3 amide bonds. The second-order valence-corrected chi connectivity index (χ2v) is 4.78. The van der Waals surface area contributed by atoms with Gasteiger partial charge in [0.2, 0.25) is 6.41 Å². The topological polar surface area (TPSA) is 61.9 Å². The normalized spacial score (nSPS) is 14.6. The van der Waals surface area contributed by atoms with Crippen molar-refractivity contribution in [1.82, 2.24) is 15.1 Å². The van der Waals surface area contributed by atoms with Crippen LogP contribution in [0.3, 0.4) is 0 Å². The Morgan fingerprint density at radius 2 is 2.00 bits per heavy atom. The molecule has 1 N–H and O–H groups in total. The van der Waals surface area contributed by atoms with E-state index in [-0.39, 0.29) is 24.9 Å². The summed E-state index contributed by atoms with van der Waals surface area (Å²) in [6.45, 7) is 2.23. The molecule has 0 radical (unpaired) electrons. The van der Waals surface area contributed by atoms with Gasteiger partial charge in [-0.3, -0.25) is 4.79 Å². The largest absolute Gasteiger partial charge is 0.489 e. The van der Waals surface area contributed by atoms with E-state index in [1.54, 1.807) is 9.80 Å². The number of nitrogens with one attached hydrogen (secondary N) is 1. The average molecular weight is 313 g/mol. The van der Waals surface area contributed by atoms with E-state index in [0.29, 0.717) is 26.2 Å². The fourth-order valence-electron chi connectivity index (χ4n) is 2.05. The molecule has 0 unspecified atom stereocenters. The maximum Gasteiger partial charge on any atom is 0.317 e. The molecule has 0 bridgehead atoms. The third-order valence-corrected chi connectivity index (χ3v) is 3.28. The summed E-state index contributed by atoms with van der Waals surface area (Å²) in [6.07, 6.45) is 0.764. The number of nitrogens with zero attached hydrogens (tertiary/aromatic N) is 2. The molecule has 1 heterocycles. The summed E-state index contributed by atoms with van der Waals surface area (Å²) in [6, 6.07) is 2.78. The zero-order valence-corrected chi connectivity index (χ0v) is 11.9. The smallest absolute Gasteiger partial charge is 0.317 e. The molecule has 0 atom stereocenters. The maximum absolute atomic E-state index is 13.3. The Morgan fingerprint density at radius 3 is 2.64 bits per heavy atom. The monoisotopic (exact) mass is 313 g/mol. The van der Waals surface area contributed by atoms with Crippen LogP contribution in [0.25, 0.3) is 0 Å². The summed E-state index contributed by atoms with van der Waals surface area (Å²) in [5, 5.41) is 2.64. The van der Waals surface area contributed by atoms with Crippen molar-refractivity contribution in [1.29, 1.82) is 0 Å². The lowest BCUT2D eigenvalue weighted by atomic mass is 10.3. The summed E-state index contributed by atoms with van der Waals surface area (Å²) in [5.41, 5.74) is 0. The molecule has 1 fully saturated rings. The highest BCUT2D eigenvalue weighted by Gasteiger charge is 2.19. The minimum absolute atomic E-state index is 0.0600. The molecular formula is C14H17F2N3O3. The van der Waals surface area contributed by atoms with E-state index in [1.807, 2.05) is 0 Å². The van der Waals surface area contributed by atoms with Crippen LogP contribution in [0.2, 0.25) is 0 Å². The molecule has 1 aliphatic heterocycles. The van der Waals surface area contributed by atoms with E-state index in [2.05, 4.69) is 5.32 Å². The third-order valence-electron chi connectivity index (χ3n) is 3.28. The Labute approximate surface area is 126 Å². The molecule has 0 saturated carbocycles. The highest BCUT2D eigenvalue weighted by Crippen LogP contribution is 2.17. The Hall–Kier alpha value is -2.38. The summed E-state index contributed by atoms with van der Waals surface area (Å²) in [7, 11) is 0. The lowest BCUT2D eigenvalue weighted by molar-refractivity contribution is -0.119. The predicted molar refractivity (Wildman–Crippen MR) is 74.5 cm³/mol. The van der Waals surface area contributed by atoms with Gasteiger partial charge in [0.1, 0.15) is 12.4 Å². The molecule has 120 valence electrons. The van der Waals surface area contributed by atoms with Crippen molar-refractivity contribution in [3.63, 3.8) is 0 Å². The van der Waals surface area contributed by atoms with Gasteiger partial charge in [0, 0.05) is 32.2 Å². The van der Waals surface area contributed by atoms with Crippen LogP contribution in [0.1, 0.15) is 0 Å². The van der Waals surface area contributed by atoms with Gasteiger partial charge < -0.3 is 19.9 Å². The molecule has 0 aliphatic carbocycles. The Kier molecular flexibility index (Phi) is 5.51. The van der Waals surface area contributed by atoms with Crippen LogP contribution >= 0.6 is 0 Å². The number of carbonyl (C=O) groups is 2. The van der Waals surface area contributed by atoms with Crippen LogP contribution in [-0.4, -0.2) is 61.6 Å². The third kappa shape index (κ3) is 4.31. The lowest BCUT2D eigenvalue weighted by Crippen LogP contribution is -2.51. The number of piperazine rings is 1. The van der Waals surface area contributed by atoms with Gasteiger partial charge in [0.15, 0.2) is 11.6 Å². The summed E-state index contributed by atoms with van der Waals surface area (Å²) >= 11 is 0. The van der Waals surface area contributed by atoms with Gasteiger partial charge in [-0.25, -0.2) is 13.6 Å². The van der Waals surface area contributed by atoms with Gasteiger partial charge in [0.05, 0.1) is 6.54 Å². The summed E-state index contributed by atoms with van der Waals surface area (Å²) < 4.78 is 31.2. The van der Waals surface area contributed by atoms with Crippen LogP contribution < -0.4 is 10.1 Å². The zero-order chi connectivity index (χ0) is 15.9. The number of halogens is 2. The first-order valence-electron chi connectivity index (χ1n) is 6.90. The highest BCUT2D eigenvalue weighted by molar-refractivity contribution is 5.74. The summed E-state index contributed by atoms with van der Waals surface area (Å²) in [4.78, 5) is 25.6. The van der Waals surface area contributed by atoms with Crippen molar-refractivity contribution in [2.24, 2.45) is 0 Å². The van der Waals surface area contributed by atoms with Crippen molar-refractivity contribution in [3.05, 3.63) is 29.8 Å². The first-order chi connectivity index (χ1) is 10.6. The number of ether oxygens (including phenoxy) is 1. The van der Waals surface area contributed by atoms with Gasteiger partial charge in [0.25, 0.3) is 0 Å². The van der Waals surface area contributed by atoms with E-state index >= 15 is 0 Å². The average Bonchev–Trinajstić information content (AvgIpc) is 2.53. The first-order valence-corrected chi connectivity index (χ1v) is 6.90. The van der Waals surface area contributed by atoms with Gasteiger partial charge in [-0.2, -0.15) is 0 Å². The van der Waals surface area contributed by atoms with E-state index < -0.39 is 11.6 Å². The summed E-state index contributed by atoms with van der Waals surface area (Å²) in [5.74, 6) is -1.51. The van der Waals surface area contributed by atoms with Gasteiger partial charge in [-0.1, -0.05) is 0 Å². The minimum Gasteiger partial charge on any atom is -0.489 e. The van der Waals surface area contributed by atoms with Crippen molar-refractivity contribution in [2.75, 3.05) is 39.3 Å². The van der Waals surface area contributed by atoms with Crippen molar-refractivity contribution in [2.45, 2.75) is 0 Å². The Balaban J connectivity index is 1.68. The second kappa shape index (κ2) is 7.58. The first kappa shape index (κ1) is 16.0. The van der Waals surface area contributed by atoms with Crippen LogP contribution in [-0.2, 0) is 4.79 Å². The van der Waals surface area contributed by atoms with Crippen LogP contribution in [0.15, 0.2) is 18.2 Å². The number of rotatable bonds is 5. The highest BCUT2D eigenvalue weighted by atomic mass is 19.1. The Bertz CT molecular complexity index is 534. The lowest BCUT2D eigenvalue weighted by Gasteiger charge is -2.32. The van der Waals surface area contributed by atoms with Gasteiger partial charge in [-0.05, 0) is 12.1 Å². The molecule has 1 aromatic rings. The molecule has 8 heteroatoms. The predicted octanol–water partition coefficient (Wildman–Crippen LogP) is 0.827. The number of amides is 3. The molecule has 6 nitrogen and oxygen atoms in total. The van der Waals surface area contributed by atoms with Crippen LogP contribution in [0, 0.1) is 11.6 Å². The standard InChI is InChI=1S/C14H17F2N3O3/c15-11-1-2-13(12(16)9-11)22-8-3-17-14(21)19-6-4-18(10-20)5-7-19/h1-2,9-10H,3-8H2,(H,17,21). The number of hydrogen-bond donors (Lipinski definition) is 1. The molecule has 22 heavy (non-hydrogen) atoms. The number of urea groups is 1. The van der Waals surface area contributed by atoms with Crippen molar-refractivity contribution >= 4 is 12.4 Å². The number of hydrogen-bond acceptors (Lipinski definition) is 3. The van der Waals surface area contributed by atoms with E-state index in [1.165, 1.54) is 6.07 Å². The minimum atomic E-state index is -0.781. The molecule has 1 saturated heterocycles. The fraction of sp³-hybridized carbons (Fsp3) is 0.429. The fourth-order valence-corrected chi connectivity index (χ4v) is 2.05. The molecular weight excluding hydrogens is 296 g/mol. The molecule has 1 aliphatic rings. The maximum atomic E-state index is 13.3. The molecule has 2 rings (SSSR count). The molecule has 0 spiro atoms. The van der Waals surface area contributed by atoms with Crippen molar-refractivity contribution in [3.8, 4) is 5.75 Å². The van der Waals surface area contributed by atoms with Crippen LogP contribution in [0.5, 0.6) is 5.75 Å².